The van der Waals surface area contributed by atoms with Gasteiger partial charge in [-0.15, -0.1) is 10.2 Å². The van der Waals surface area contributed by atoms with Crippen LogP contribution in [0.15, 0.2) is 5.16 Å². The van der Waals surface area contributed by atoms with Gasteiger partial charge in [-0.3, -0.25) is 0 Å². The Hall–Kier alpha value is -1.06. The number of methoxy groups -OCH3 is 1. The molecule has 15 heavy (non-hydrogen) atoms. The Morgan fingerprint density at radius 1 is 1.53 bits per heavy atom. The number of aromatic nitrogens is 3. The van der Waals surface area contributed by atoms with Gasteiger partial charge in [0.05, 0.1) is 11.8 Å². The zero-order valence-corrected chi connectivity index (χ0v) is 9.75. The van der Waals surface area contributed by atoms with Crippen molar-refractivity contribution in [1.82, 2.24) is 14.8 Å². The first-order valence-electron chi connectivity index (χ1n) is 4.68. The summed E-state index contributed by atoms with van der Waals surface area (Å²) in [6.45, 7) is 3.47. The van der Waals surface area contributed by atoms with Crippen LogP contribution in [0.3, 0.4) is 0 Å². The summed E-state index contributed by atoms with van der Waals surface area (Å²) in [6, 6.07) is 2.08. The molecule has 0 amide bonds. The Bertz CT molecular complexity index is 344. The van der Waals surface area contributed by atoms with Gasteiger partial charge in [-0.1, -0.05) is 11.8 Å². The van der Waals surface area contributed by atoms with E-state index in [9.17, 15) is 0 Å². The maximum atomic E-state index is 8.49. The van der Waals surface area contributed by atoms with Gasteiger partial charge in [0, 0.05) is 20.3 Å². The molecule has 0 aliphatic heterocycles. The van der Waals surface area contributed by atoms with Crippen LogP contribution in [0.2, 0.25) is 0 Å². The molecule has 6 heteroatoms. The van der Waals surface area contributed by atoms with Gasteiger partial charge in [-0.05, 0) is 13.3 Å². The number of nitriles is 1. The van der Waals surface area contributed by atoms with Gasteiger partial charge in [-0.2, -0.15) is 5.26 Å². The highest BCUT2D eigenvalue weighted by Gasteiger charge is 2.08. The van der Waals surface area contributed by atoms with Gasteiger partial charge in [-0.25, -0.2) is 0 Å². The number of thioether (sulfide) groups is 1. The predicted molar refractivity (Wildman–Crippen MR) is 57.6 cm³/mol. The second-order valence-corrected chi connectivity index (χ2v) is 3.92. The van der Waals surface area contributed by atoms with E-state index >= 15 is 0 Å². The molecule has 82 valence electrons. The van der Waals surface area contributed by atoms with Crippen LogP contribution in [-0.4, -0.2) is 34.2 Å². The van der Waals surface area contributed by atoms with E-state index in [0.29, 0.717) is 5.75 Å². The lowest BCUT2D eigenvalue weighted by atomic mass is 10.4. The maximum Gasteiger partial charge on any atom is 0.192 e. The first-order chi connectivity index (χ1) is 7.29. The Labute approximate surface area is 93.4 Å². The molecule has 5 nitrogen and oxygen atoms in total. The molecule has 0 fully saturated rings. The summed E-state index contributed by atoms with van der Waals surface area (Å²) in [6.07, 6.45) is 0.926. The van der Waals surface area contributed by atoms with E-state index < -0.39 is 0 Å². The van der Waals surface area contributed by atoms with Crippen LogP contribution in [-0.2, 0) is 11.3 Å². The summed E-state index contributed by atoms with van der Waals surface area (Å²) >= 11 is 1.41. The molecule has 0 saturated heterocycles. The number of ether oxygens (including phenoxy) is 1. The fraction of sp³-hybridized carbons (Fsp3) is 0.667. The molecule has 0 unspecified atom stereocenters. The largest absolute Gasteiger partial charge is 0.385 e. The monoisotopic (exact) mass is 226 g/mol. The van der Waals surface area contributed by atoms with Gasteiger partial charge in [0.1, 0.15) is 5.82 Å². The van der Waals surface area contributed by atoms with Crippen LogP contribution >= 0.6 is 11.8 Å². The Morgan fingerprint density at radius 2 is 2.33 bits per heavy atom. The average Bonchev–Trinajstić information content (AvgIpc) is 2.58. The summed E-state index contributed by atoms with van der Waals surface area (Å²) < 4.78 is 7.00. The first-order valence-corrected chi connectivity index (χ1v) is 5.66. The number of rotatable bonds is 6. The quantitative estimate of drug-likeness (QED) is 0.539. The summed E-state index contributed by atoms with van der Waals surface area (Å²) in [7, 11) is 1.68. The fourth-order valence-corrected chi connectivity index (χ4v) is 1.86. The molecule has 0 spiro atoms. The molecule has 0 radical (unpaired) electrons. The number of nitrogens with zero attached hydrogens (tertiary/aromatic N) is 4. The van der Waals surface area contributed by atoms with Crippen molar-refractivity contribution in [1.29, 1.82) is 5.26 Å². The Balaban J connectivity index is 2.59. The fourth-order valence-electron chi connectivity index (χ4n) is 1.19. The summed E-state index contributed by atoms with van der Waals surface area (Å²) in [4.78, 5) is 0. The Kier molecular flexibility index (Phi) is 5.15. The van der Waals surface area contributed by atoms with E-state index in [2.05, 4.69) is 16.3 Å². The SMILES string of the molecule is COCCCn1c(C)nnc1SCC#N. The Morgan fingerprint density at radius 3 is 3.00 bits per heavy atom. The number of aryl methyl sites for hydroxylation is 1. The lowest BCUT2D eigenvalue weighted by molar-refractivity contribution is 0.189. The van der Waals surface area contributed by atoms with Gasteiger partial charge in [0.15, 0.2) is 5.16 Å². The maximum absolute atomic E-state index is 8.49. The van der Waals surface area contributed by atoms with E-state index in [1.807, 2.05) is 11.5 Å². The van der Waals surface area contributed by atoms with E-state index in [1.54, 1.807) is 7.11 Å². The van der Waals surface area contributed by atoms with Gasteiger partial charge < -0.3 is 9.30 Å². The second kappa shape index (κ2) is 6.43. The van der Waals surface area contributed by atoms with Crippen molar-refractivity contribution in [2.24, 2.45) is 0 Å². The first kappa shape index (κ1) is 12.0. The molecular weight excluding hydrogens is 212 g/mol. The van der Waals surface area contributed by atoms with Crippen molar-refractivity contribution in [3.63, 3.8) is 0 Å². The molecule has 1 heterocycles. The van der Waals surface area contributed by atoms with Crippen molar-refractivity contribution in [2.45, 2.75) is 25.0 Å². The molecule has 1 aromatic rings. The van der Waals surface area contributed by atoms with Crippen LogP contribution in [0.5, 0.6) is 0 Å². The van der Waals surface area contributed by atoms with Gasteiger partial charge >= 0.3 is 0 Å². The van der Waals surface area contributed by atoms with Crippen molar-refractivity contribution in [2.75, 3.05) is 19.5 Å². The van der Waals surface area contributed by atoms with Crippen LogP contribution in [0, 0.1) is 18.3 Å². The normalized spacial score (nSPS) is 10.2. The molecule has 0 bridgehead atoms. The van der Waals surface area contributed by atoms with Crippen molar-refractivity contribution in [3.05, 3.63) is 5.82 Å². The van der Waals surface area contributed by atoms with E-state index in [1.165, 1.54) is 11.8 Å². The van der Waals surface area contributed by atoms with E-state index in [-0.39, 0.29) is 0 Å². The molecule has 0 aliphatic carbocycles. The lowest BCUT2D eigenvalue weighted by Gasteiger charge is -2.06. The van der Waals surface area contributed by atoms with Crippen LogP contribution in [0.1, 0.15) is 12.2 Å². The minimum Gasteiger partial charge on any atom is -0.385 e. The van der Waals surface area contributed by atoms with E-state index in [0.717, 1.165) is 30.6 Å². The average molecular weight is 226 g/mol. The topological polar surface area (TPSA) is 63.7 Å². The van der Waals surface area contributed by atoms with Crippen molar-refractivity contribution >= 4 is 11.8 Å². The smallest absolute Gasteiger partial charge is 0.192 e. The van der Waals surface area contributed by atoms with Crippen molar-refractivity contribution in [3.8, 4) is 6.07 Å². The molecular formula is C9H14N4OS. The third kappa shape index (κ3) is 3.53. The van der Waals surface area contributed by atoms with Crippen LogP contribution in [0.25, 0.3) is 0 Å². The molecule has 0 N–H and O–H groups in total. The van der Waals surface area contributed by atoms with Crippen LogP contribution in [0.4, 0.5) is 0 Å². The third-order valence-electron chi connectivity index (χ3n) is 1.90. The van der Waals surface area contributed by atoms with Gasteiger partial charge in [0.2, 0.25) is 0 Å². The summed E-state index contributed by atoms with van der Waals surface area (Å²) in [5.74, 6) is 1.29. The molecule has 0 aliphatic rings. The highest BCUT2D eigenvalue weighted by Crippen LogP contribution is 2.16. The predicted octanol–water partition coefficient (Wildman–Crippen LogP) is 1.24. The number of hydrogen-bond acceptors (Lipinski definition) is 5. The molecule has 0 saturated carbocycles. The van der Waals surface area contributed by atoms with E-state index in [4.69, 9.17) is 10.00 Å². The highest BCUT2D eigenvalue weighted by atomic mass is 32.2. The molecule has 0 atom stereocenters. The number of hydrogen-bond donors (Lipinski definition) is 0. The second-order valence-electron chi connectivity index (χ2n) is 2.97. The molecule has 1 aromatic heterocycles. The summed E-state index contributed by atoms with van der Waals surface area (Å²) in [5, 5.41) is 17.3. The molecule has 0 aromatic carbocycles. The minimum absolute atomic E-state index is 0.405. The summed E-state index contributed by atoms with van der Waals surface area (Å²) in [5.41, 5.74) is 0. The lowest BCUT2D eigenvalue weighted by Crippen LogP contribution is -2.05. The van der Waals surface area contributed by atoms with Gasteiger partial charge in [0.25, 0.3) is 0 Å². The standard InChI is InChI=1S/C9H14N4OS/c1-8-11-12-9(15-7-4-10)13(8)5-3-6-14-2/h3,5-7H2,1-2H3. The highest BCUT2D eigenvalue weighted by molar-refractivity contribution is 7.99. The van der Waals surface area contributed by atoms with Crippen molar-refractivity contribution < 1.29 is 4.74 Å². The zero-order valence-electron chi connectivity index (χ0n) is 8.93. The molecule has 1 rings (SSSR count). The minimum atomic E-state index is 0.405. The van der Waals surface area contributed by atoms with Crippen LogP contribution < -0.4 is 0 Å². The zero-order chi connectivity index (χ0) is 11.1. The third-order valence-corrected chi connectivity index (χ3v) is 2.73.